The van der Waals surface area contributed by atoms with Crippen molar-refractivity contribution in [3.05, 3.63) is 35.4 Å². The SMILES string of the molecule is Cc1cccc(CN2CCC(=O)C2=O)c1. The van der Waals surface area contributed by atoms with E-state index < -0.39 is 0 Å². The molecule has 2 rings (SSSR count). The number of amides is 1. The first-order valence-corrected chi connectivity index (χ1v) is 5.04. The second-order valence-electron chi connectivity index (χ2n) is 3.89. The van der Waals surface area contributed by atoms with Crippen LogP contribution in [0.2, 0.25) is 0 Å². The van der Waals surface area contributed by atoms with Gasteiger partial charge in [-0.1, -0.05) is 29.8 Å². The van der Waals surface area contributed by atoms with Gasteiger partial charge in [0.2, 0.25) is 5.78 Å². The minimum Gasteiger partial charge on any atom is -0.331 e. The van der Waals surface area contributed by atoms with E-state index in [2.05, 4.69) is 0 Å². The maximum absolute atomic E-state index is 11.4. The molecular weight excluding hydrogens is 190 g/mol. The van der Waals surface area contributed by atoms with Gasteiger partial charge in [-0.2, -0.15) is 0 Å². The van der Waals surface area contributed by atoms with Crippen LogP contribution < -0.4 is 0 Å². The van der Waals surface area contributed by atoms with Gasteiger partial charge in [-0.05, 0) is 12.5 Å². The molecule has 3 nitrogen and oxygen atoms in total. The van der Waals surface area contributed by atoms with Gasteiger partial charge < -0.3 is 4.90 Å². The molecule has 0 N–H and O–H groups in total. The summed E-state index contributed by atoms with van der Waals surface area (Å²) in [4.78, 5) is 24.0. The van der Waals surface area contributed by atoms with Crippen LogP contribution in [0.1, 0.15) is 17.5 Å². The number of aryl methyl sites for hydroxylation is 1. The van der Waals surface area contributed by atoms with E-state index in [1.807, 2.05) is 31.2 Å². The van der Waals surface area contributed by atoms with Crippen LogP contribution in [-0.2, 0) is 16.1 Å². The molecule has 1 fully saturated rings. The lowest BCUT2D eigenvalue weighted by atomic mass is 10.1. The number of carbonyl (C=O) groups is 2. The molecule has 78 valence electrons. The van der Waals surface area contributed by atoms with Gasteiger partial charge in [0.1, 0.15) is 0 Å². The lowest BCUT2D eigenvalue weighted by Gasteiger charge is -2.14. The number of rotatable bonds is 2. The summed E-state index contributed by atoms with van der Waals surface area (Å²) in [5.74, 6) is -0.598. The van der Waals surface area contributed by atoms with E-state index in [0.29, 0.717) is 19.5 Å². The van der Waals surface area contributed by atoms with Crippen LogP contribution in [0.5, 0.6) is 0 Å². The van der Waals surface area contributed by atoms with E-state index in [-0.39, 0.29) is 11.7 Å². The summed E-state index contributed by atoms with van der Waals surface area (Å²) < 4.78 is 0. The van der Waals surface area contributed by atoms with Gasteiger partial charge in [0.25, 0.3) is 5.91 Å². The fourth-order valence-corrected chi connectivity index (χ4v) is 1.80. The first-order chi connectivity index (χ1) is 7.16. The molecule has 1 aromatic rings. The molecule has 0 aromatic heterocycles. The van der Waals surface area contributed by atoms with Crippen LogP contribution in [0.4, 0.5) is 0 Å². The molecule has 0 saturated carbocycles. The summed E-state index contributed by atoms with van der Waals surface area (Å²) >= 11 is 0. The standard InChI is InChI=1S/C12H13NO2/c1-9-3-2-4-10(7-9)8-13-6-5-11(14)12(13)15/h2-4,7H,5-6,8H2,1H3. The Kier molecular flexibility index (Phi) is 2.54. The summed E-state index contributed by atoms with van der Waals surface area (Å²) in [7, 11) is 0. The molecule has 15 heavy (non-hydrogen) atoms. The predicted octanol–water partition coefficient (Wildman–Crippen LogP) is 1.30. The maximum atomic E-state index is 11.4. The molecule has 0 radical (unpaired) electrons. The monoisotopic (exact) mass is 203 g/mol. The zero-order valence-corrected chi connectivity index (χ0v) is 8.69. The Bertz CT molecular complexity index is 412. The Morgan fingerprint density at radius 2 is 2.13 bits per heavy atom. The van der Waals surface area contributed by atoms with Crippen molar-refractivity contribution in [2.24, 2.45) is 0 Å². The minimum atomic E-state index is -0.337. The van der Waals surface area contributed by atoms with Gasteiger partial charge in [0, 0.05) is 19.5 Å². The zero-order valence-electron chi connectivity index (χ0n) is 8.69. The van der Waals surface area contributed by atoms with Crippen molar-refractivity contribution in [2.45, 2.75) is 19.9 Å². The molecule has 0 bridgehead atoms. The minimum absolute atomic E-state index is 0.261. The normalized spacial score (nSPS) is 16.2. The number of Topliss-reactive ketones (excluding diaryl/α,β-unsaturated/α-hetero) is 1. The van der Waals surface area contributed by atoms with Crippen molar-refractivity contribution in [1.29, 1.82) is 0 Å². The Hall–Kier alpha value is -1.64. The van der Waals surface area contributed by atoms with E-state index in [9.17, 15) is 9.59 Å². The second-order valence-corrected chi connectivity index (χ2v) is 3.89. The first-order valence-electron chi connectivity index (χ1n) is 5.04. The van der Waals surface area contributed by atoms with Crippen molar-refractivity contribution in [3.63, 3.8) is 0 Å². The summed E-state index contributed by atoms with van der Waals surface area (Å²) in [6.45, 7) is 3.12. The lowest BCUT2D eigenvalue weighted by Crippen LogP contribution is -2.26. The highest BCUT2D eigenvalue weighted by Gasteiger charge is 2.28. The van der Waals surface area contributed by atoms with E-state index in [4.69, 9.17) is 0 Å². The largest absolute Gasteiger partial charge is 0.331 e. The van der Waals surface area contributed by atoms with Gasteiger partial charge in [-0.15, -0.1) is 0 Å². The third-order valence-electron chi connectivity index (χ3n) is 2.59. The van der Waals surface area contributed by atoms with Crippen molar-refractivity contribution < 1.29 is 9.59 Å². The number of carbonyl (C=O) groups excluding carboxylic acids is 2. The van der Waals surface area contributed by atoms with Gasteiger partial charge in [0.05, 0.1) is 0 Å². The van der Waals surface area contributed by atoms with Crippen LogP contribution in [0.25, 0.3) is 0 Å². The van der Waals surface area contributed by atoms with Crippen molar-refractivity contribution in [2.75, 3.05) is 6.54 Å². The van der Waals surface area contributed by atoms with Crippen LogP contribution in [-0.4, -0.2) is 23.1 Å². The smallest absolute Gasteiger partial charge is 0.290 e. The number of benzene rings is 1. The second kappa shape index (κ2) is 3.85. The Labute approximate surface area is 88.7 Å². The first kappa shape index (κ1) is 9.90. The predicted molar refractivity (Wildman–Crippen MR) is 56.2 cm³/mol. The molecule has 1 heterocycles. The highest BCUT2D eigenvalue weighted by atomic mass is 16.2. The number of nitrogens with zero attached hydrogens (tertiary/aromatic N) is 1. The summed E-state index contributed by atoms with van der Waals surface area (Å²) in [5.41, 5.74) is 2.25. The van der Waals surface area contributed by atoms with E-state index in [1.54, 1.807) is 4.90 Å². The molecule has 1 amide bonds. The number of likely N-dealkylation sites (tertiary alicyclic amines) is 1. The fraction of sp³-hybridized carbons (Fsp3) is 0.333. The molecule has 0 spiro atoms. The van der Waals surface area contributed by atoms with Crippen LogP contribution >= 0.6 is 0 Å². The van der Waals surface area contributed by atoms with Crippen LogP contribution in [0, 0.1) is 6.92 Å². The van der Waals surface area contributed by atoms with Gasteiger partial charge in [-0.25, -0.2) is 0 Å². The molecule has 0 aliphatic carbocycles. The topological polar surface area (TPSA) is 37.4 Å². The molecule has 1 aromatic carbocycles. The Morgan fingerprint density at radius 3 is 2.73 bits per heavy atom. The molecule has 1 saturated heterocycles. The Balaban J connectivity index is 2.10. The van der Waals surface area contributed by atoms with Crippen LogP contribution in [0.15, 0.2) is 24.3 Å². The number of hydrogen-bond donors (Lipinski definition) is 0. The van der Waals surface area contributed by atoms with Gasteiger partial charge in [-0.3, -0.25) is 9.59 Å². The van der Waals surface area contributed by atoms with E-state index in [1.165, 1.54) is 5.56 Å². The van der Waals surface area contributed by atoms with E-state index >= 15 is 0 Å². The van der Waals surface area contributed by atoms with Crippen LogP contribution in [0.3, 0.4) is 0 Å². The zero-order chi connectivity index (χ0) is 10.8. The number of hydrogen-bond acceptors (Lipinski definition) is 2. The van der Waals surface area contributed by atoms with Crippen molar-refractivity contribution in [1.82, 2.24) is 4.90 Å². The average Bonchev–Trinajstić information content (AvgIpc) is 2.50. The van der Waals surface area contributed by atoms with E-state index in [0.717, 1.165) is 5.56 Å². The fourth-order valence-electron chi connectivity index (χ4n) is 1.80. The summed E-state index contributed by atoms with van der Waals surface area (Å²) in [6.07, 6.45) is 0.366. The Morgan fingerprint density at radius 1 is 1.33 bits per heavy atom. The van der Waals surface area contributed by atoms with Gasteiger partial charge in [0.15, 0.2) is 0 Å². The molecular formula is C12H13NO2. The highest BCUT2D eigenvalue weighted by molar-refractivity contribution is 6.37. The molecule has 0 unspecified atom stereocenters. The molecule has 1 aliphatic rings. The summed E-state index contributed by atoms with van der Waals surface area (Å²) in [6, 6.07) is 7.99. The lowest BCUT2D eigenvalue weighted by molar-refractivity contribution is -0.140. The third-order valence-corrected chi connectivity index (χ3v) is 2.59. The number of ketones is 1. The quantitative estimate of drug-likeness (QED) is 0.679. The van der Waals surface area contributed by atoms with Crippen molar-refractivity contribution in [3.8, 4) is 0 Å². The third kappa shape index (κ3) is 2.06. The summed E-state index contributed by atoms with van der Waals surface area (Å²) in [5, 5.41) is 0. The van der Waals surface area contributed by atoms with Gasteiger partial charge >= 0.3 is 0 Å². The molecule has 1 aliphatic heterocycles. The molecule has 3 heteroatoms. The average molecular weight is 203 g/mol. The highest BCUT2D eigenvalue weighted by Crippen LogP contribution is 2.12. The molecule has 0 atom stereocenters. The van der Waals surface area contributed by atoms with Crippen molar-refractivity contribution >= 4 is 11.7 Å². The maximum Gasteiger partial charge on any atom is 0.290 e.